The molecule has 1 heterocycles. The van der Waals surface area contributed by atoms with Gasteiger partial charge in [-0.2, -0.15) is 0 Å². The number of aromatic nitrogens is 2. The van der Waals surface area contributed by atoms with Crippen LogP contribution in [0.5, 0.6) is 0 Å². The lowest BCUT2D eigenvalue weighted by Gasteiger charge is -2.18. The van der Waals surface area contributed by atoms with E-state index in [-0.39, 0.29) is 5.69 Å². The Bertz CT molecular complexity index is 1130. The molecule has 2 N–H and O–H groups in total. The van der Waals surface area contributed by atoms with E-state index in [1.807, 2.05) is 6.92 Å². The first-order valence-corrected chi connectivity index (χ1v) is 10.3. The number of hydrogen-bond acceptors (Lipinski definition) is 3. The van der Waals surface area contributed by atoms with E-state index in [1.165, 1.54) is 0 Å². The van der Waals surface area contributed by atoms with Crippen LogP contribution in [0.4, 0.5) is 0 Å². The fourth-order valence-corrected chi connectivity index (χ4v) is 4.10. The molecule has 8 heteroatoms. The zero-order valence-electron chi connectivity index (χ0n) is 16.7. The summed E-state index contributed by atoms with van der Waals surface area (Å²) in [5.41, 5.74) is 8.32. The summed E-state index contributed by atoms with van der Waals surface area (Å²) < 4.78 is 3.26. The molecule has 0 unspecified atom stereocenters. The lowest BCUT2D eigenvalue weighted by atomic mass is 10.1. The largest absolute Gasteiger partial charge is 0.366 e. The molecule has 0 aliphatic heterocycles. The molecular formula is C21H24Cl2N4O2. The zero-order chi connectivity index (χ0) is 21.3. The average molecular weight is 435 g/mol. The molecule has 0 aliphatic rings. The Labute approximate surface area is 179 Å². The van der Waals surface area contributed by atoms with Gasteiger partial charge in [0.1, 0.15) is 0 Å². The third kappa shape index (κ3) is 4.06. The number of imidazole rings is 1. The van der Waals surface area contributed by atoms with Crippen molar-refractivity contribution in [2.45, 2.75) is 27.3 Å². The highest BCUT2D eigenvalue weighted by atomic mass is 35.5. The van der Waals surface area contributed by atoms with Crippen molar-refractivity contribution in [2.75, 3.05) is 19.6 Å². The molecule has 0 saturated carbocycles. The Morgan fingerprint density at radius 1 is 1.14 bits per heavy atom. The minimum Gasteiger partial charge on any atom is -0.366 e. The Kier molecular flexibility index (Phi) is 6.36. The van der Waals surface area contributed by atoms with Crippen LogP contribution < -0.4 is 11.4 Å². The number of carbonyl (C=O) groups excluding carboxylic acids is 1. The molecule has 0 atom stereocenters. The molecule has 6 nitrogen and oxygen atoms in total. The van der Waals surface area contributed by atoms with Crippen molar-refractivity contribution >= 4 is 40.1 Å². The van der Waals surface area contributed by atoms with E-state index in [4.69, 9.17) is 28.9 Å². The van der Waals surface area contributed by atoms with Gasteiger partial charge in [0.15, 0.2) is 0 Å². The normalized spacial score (nSPS) is 11.5. The van der Waals surface area contributed by atoms with Crippen molar-refractivity contribution in [1.82, 2.24) is 14.0 Å². The quantitative estimate of drug-likeness (QED) is 0.613. The number of rotatable bonds is 7. The molecule has 0 bridgehead atoms. The number of amides is 1. The maximum Gasteiger partial charge on any atom is 0.333 e. The number of nitrogens with two attached hydrogens (primary N) is 1. The number of benzene rings is 2. The third-order valence-electron chi connectivity index (χ3n) is 5.19. The second kappa shape index (κ2) is 8.61. The third-order valence-corrected chi connectivity index (χ3v) is 5.72. The number of carbonyl (C=O) groups is 1. The number of hydrogen-bond donors (Lipinski definition) is 1. The number of fused-ring (bicyclic) bond motifs is 1. The number of primary amides is 1. The van der Waals surface area contributed by atoms with Crippen molar-refractivity contribution in [3.8, 4) is 5.69 Å². The molecular weight excluding hydrogens is 411 g/mol. The maximum absolute atomic E-state index is 13.4. The van der Waals surface area contributed by atoms with Crippen molar-refractivity contribution in [3.05, 3.63) is 62.0 Å². The van der Waals surface area contributed by atoms with Crippen LogP contribution in [0.2, 0.25) is 10.0 Å². The predicted molar refractivity (Wildman–Crippen MR) is 119 cm³/mol. The van der Waals surface area contributed by atoms with Gasteiger partial charge in [0, 0.05) is 23.7 Å². The Hall–Kier alpha value is -2.28. The summed E-state index contributed by atoms with van der Waals surface area (Å²) in [7, 11) is 0. The van der Waals surface area contributed by atoms with Gasteiger partial charge in [-0.25, -0.2) is 4.79 Å². The molecule has 3 rings (SSSR count). The summed E-state index contributed by atoms with van der Waals surface area (Å²) in [6.07, 6.45) is 0. The van der Waals surface area contributed by atoms with E-state index >= 15 is 0 Å². The van der Waals surface area contributed by atoms with Gasteiger partial charge in [0.25, 0.3) is 0 Å². The van der Waals surface area contributed by atoms with Crippen LogP contribution in [0.3, 0.4) is 0 Å². The van der Waals surface area contributed by atoms with Gasteiger partial charge in [-0.1, -0.05) is 37.0 Å². The van der Waals surface area contributed by atoms with Crippen LogP contribution in [-0.2, 0) is 6.54 Å². The molecule has 0 radical (unpaired) electrons. The van der Waals surface area contributed by atoms with Gasteiger partial charge in [-0.05, 0) is 55.9 Å². The van der Waals surface area contributed by atoms with Crippen LogP contribution in [0.15, 0.2) is 35.1 Å². The Balaban J connectivity index is 2.30. The summed E-state index contributed by atoms with van der Waals surface area (Å²) in [6, 6.07) is 8.40. The first-order valence-electron chi connectivity index (χ1n) is 9.51. The second-order valence-electron chi connectivity index (χ2n) is 6.92. The number of nitrogens with zero attached hydrogens (tertiary/aromatic N) is 3. The SMILES string of the molecule is CCN(CC)CCn1c(=O)n(-c2ccc(Cl)cc2Cl)c2c(C)cc(C(N)=O)cc21. The van der Waals surface area contributed by atoms with Crippen molar-refractivity contribution in [3.63, 3.8) is 0 Å². The van der Waals surface area contributed by atoms with Gasteiger partial charge >= 0.3 is 5.69 Å². The molecule has 0 spiro atoms. The van der Waals surface area contributed by atoms with Crippen LogP contribution in [-0.4, -0.2) is 39.6 Å². The van der Waals surface area contributed by atoms with E-state index in [9.17, 15) is 9.59 Å². The smallest absolute Gasteiger partial charge is 0.333 e. The summed E-state index contributed by atoms with van der Waals surface area (Å²) in [4.78, 5) is 27.5. The number of likely N-dealkylation sites (N-methyl/N-ethyl adjacent to an activating group) is 1. The standard InChI is InChI=1S/C21H24Cl2N4O2/c1-4-25(5-2)8-9-26-18-11-14(20(24)28)10-13(3)19(18)27(21(26)29)17-7-6-15(22)12-16(17)23/h6-7,10-12H,4-5,8-9H2,1-3H3,(H2,24,28). The van der Waals surface area contributed by atoms with Gasteiger partial charge in [0.05, 0.1) is 21.7 Å². The first kappa shape index (κ1) is 21.4. The van der Waals surface area contributed by atoms with E-state index in [0.29, 0.717) is 45.4 Å². The summed E-state index contributed by atoms with van der Waals surface area (Å²) in [5.74, 6) is -0.532. The van der Waals surface area contributed by atoms with Crippen molar-refractivity contribution in [1.29, 1.82) is 0 Å². The topological polar surface area (TPSA) is 73.3 Å². The summed E-state index contributed by atoms with van der Waals surface area (Å²) >= 11 is 12.5. The van der Waals surface area contributed by atoms with Crippen LogP contribution in [0, 0.1) is 6.92 Å². The molecule has 29 heavy (non-hydrogen) atoms. The molecule has 0 fully saturated rings. The molecule has 0 saturated heterocycles. The average Bonchev–Trinajstić information content (AvgIpc) is 2.95. The second-order valence-corrected chi connectivity index (χ2v) is 7.76. The van der Waals surface area contributed by atoms with Crippen LogP contribution >= 0.6 is 23.2 Å². The van der Waals surface area contributed by atoms with Crippen LogP contribution in [0.25, 0.3) is 16.7 Å². The summed E-state index contributed by atoms with van der Waals surface area (Å²) in [5, 5.41) is 0.866. The molecule has 1 amide bonds. The van der Waals surface area contributed by atoms with Crippen molar-refractivity contribution in [2.24, 2.45) is 5.73 Å². The molecule has 3 aromatic rings. The predicted octanol–water partition coefficient (Wildman–Crippen LogP) is 3.85. The Morgan fingerprint density at radius 3 is 2.41 bits per heavy atom. The number of aryl methyl sites for hydroxylation is 1. The maximum atomic E-state index is 13.4. The fourth-order valence-electron chi connectivity index (χ4n) is 3.60. The van der Waals surface area contributed by atoms with E-state index in [2.05, 4.69) is 18.7 Å². The first-order chi connectivity index (χ1) is 13.8. The molecule has 154 valence electrons. The lowest BCUT2D eigenvalue weighted by molar-refractivity contribution is 0.100. The van der Waals surface area contributed by atoms with E-state index < -0.39 is 5.91 Å². The van der Waals surface area contributed by atoms with Crippen molar-refractivity contribution < 1.29 is 4.79 Å². The number of halogens is 2. The van der Waals surface area contributed by atoms with Gasteiger partial charge < -0.3 is 10.6 Å². The molecule has 0 aliphatic carbocycles. The summed E-state index contributed by atoms with van der Waals surface area (Å²) in [6.45, 7) is 8.98. The highest BCUT2D eigenvalue weighted by molar-refractivity contribution is 6.35. The minimum atomic E-state index is -0.532. The van der Waals surface area contributed by atoms with Gasteiger partial charge in [-0.3, -0.25) is 13.9 Å². The minimum absolute atomic E-state index is 0.221. The lowest BCUT2D eigenvalue weighted by Crippen LogP contribution is -2.31. The van der Waals surface area contributed by atoms with E-state index in [0.717, 1.165) is 18.7 Å². The van der Waals surface area contributed by atoms with E-state index in [1.54, 1.807) is 39.5 Å². The zero-order valence-corrected chi connectivity index (χ0v) is 18.2. The highest BCUT2D eigenvalue weighted by Gasteiger charge is 2.20. The Morgan fingerprint density at radius 2 is 1.83 bits per heavy atom. The van der Waals surface area contributed by atoms with Crippen LogP contribution in [0.1, 0.15) is 29.8 Å². The highest BCUT2D eigenvalue weighted by Crippen LogP contribution is 2.29. The van der Waals surface area contributed by atoms with Gasteiger partial charge in [-0.15, -0.1) is 0 Å². The molecule has 1 aromatic heterocycles. The fraction of sp³-hybridized carbons (Fsp3) is 0.333. The monoisotopic (exact) mass is 434 g/mol. The van der Waals surface area contributed by atoms with Gasteiger partial charge in [0.2, 0.25) is 5.91 Å². The molecule has 2 aromatic carbocycles.